The van der Waals surface area contributed by atoms with Gasteiger partial charge >= 0.3 is 0 Å². The Morgan fingerprint density at radius 3 is 2.16 bits per heavy atom. The second-order valence-corrected chi connectivity index (χ2v) is 6.50. The first kappa shape index (κ1) is 13.2. The standard InChI is InChI=1S/C16H22NOSi/c19-16-14(10-5-11-17-16)18-15(12-6-1-2-7-12)13-8-3-4-9-13/h5,10-13,15H,1-4,6-9H2. The monoisotopic (exact) mass is 272 g/mol. The Balaban J connectivity index is 1.76. The summed E-state index contributed by atoms with van der Waals surface area (Å²) in [4.78, 5) is 4.27. The first-order chi connectivity index (χ1) is 9.34. The summed E-state index contributed by atoms with van der Waals surface area (Å²) in [5.41, 5.74) is 0. The van der Waals surface area contributed by atoms with Crippen molar-refractivity contribution in [2.75, 3.05) is 0 Å². The predicted octanol–water partition coefficient (Wildman–Crippen LogP) is 3.00. The van der Waals surface area contributed by atoms with E-state index in [4.69, 9.17) is 4.74 Å². The molecule has 2 fully saturated rings. The van der Waals surface area contributed by atoms with Crippen LogP contribution in [0.25, 0.3) is 0 Å². The predicted molar refractivity (Wildman–Crippen MR) is 78.0 cm³/mol. The van der Waals surface area contributed by atoms with E-state index in [0.717, 1.165) is 22.9 Å². The Labute approximate surface area is 119 Å². The smallest absolute Gasteiger partial charge is 0.135 e. The van der Waals surface area contributed by atoms with Crippen molar-refractivity contribution < 1.29 is 4.74 Å². The van der Waals surface area contributed by atoms with Crippen molar-refractivity contribution in [2.24, 2.45) is 11.8 Å². The minimum atomic E-state index is 0.407. The molecular formula is C16H22NOSi. The van der Waals surface area contributed by atoms with Crippen LogP contribution in [0.5, 0.6) is 5.75 Å². The zero-order chi connectivity index (χ0) is 13.1. The molecule has 19 heavy (non-hydrogen) atoms. The second kappa shape index (κ2) is 6.08. The Kier molecular flexibility index (Phi) is 4.21. The van der Waals surface area contributed by atoms with Gasteiger partial charge in [-0.15, -0.1) is 0 Å². The lowest BCUT2D eigenvalue weighted by atomic mass is 9.88. The van der Waals surface area contributed by atoms with Crippen LogP contribution in [0.2, 0.25) is 0 Å². The Hall–Kier alpha value is -0.833. The fourth-order valence-electron chi connectivity index (χ4n) is 3.78. The fourth-order valence-corrected chi connectivity index (χ4v) is 4.00. The van der Waals surface area contributed by atoms with E-state index in [2.05, 4.69) is 15.2 Å². The first-order valence-corrected chi connectivity index (χ1v) is 8.18. The van der Waals surface area contributed by atoms with Crippen LogP contribution < -0.4 is 10.1 Å². The number of hydrogen-bond acceptors (Lipinski definition) is 2. The second-order valence-electron chi connectivity index (χ2n) is 6.02. The number of pyridine rings is 1. The minimum Gasteiger partial charge on any atom is -0.488 e. The third kappa shape index (κ3) is 3.02. The highest BCUT2D eigenvalue weighted by molar-refractivity contribution is 6.32. The molecule has 0 amide bonds. The van der Waals surface area contributed by atoms with E-state index >= 15 is 0 Å². The Bertz CT molecular complexity index is 395. The van der Waals surface area contributed by atoms with Gasteiger partial charge in [-0.05, 0) is 49.7 Å². The van der Waals surface area contributed by atoms with E-state index in [0.29, 0.717) is 6.10 Å². The van der Waals surface area contributed by atoms with E-state index in [1.165, 1.54) is 51.4 Å². The quantitative estimate of drug-likeness (QED) is 0.786. The molecular weight excluding hydrogens is 250 g/mol. The highest BCUT2D eigenvalue weighted by Crippen LogP contribution is 2.39. The molecule has 0 bridgehead atoms. The van der Waals surface area contributed by atoms with Crippen LogP contribution in [0.4, 0.5) is 0 Å². The largest absolute Gasteiger partial charge is 0.488 e. The molecule has 1 aromatic rings. The third-order valence-electron chi connectivity index (χ3n) is 4.76. The SMILES string of the molecule is [Si]c1ncccc1OC(C1CCCC1)C1CCCC1. The van der Waals surface area contributed by atoms with Crippen molar-refractivity contribution in [2.45, 2.75) is 57.5 Å². The number of nitrogens with zero attached hydrogens (tertiary/aromatic N) is 1. The van der Waals surface area contributed by atoms with Gasteiger partial charge < -0.3 is 4.74 Å². The van der Waals surface area contributed by atoms with Gasteiger partial charge in [-0.1, -0.05) is 25.7 Å². The van der Waals surface area contributed by atoms with Gasteiger partial charge in [0.2, 0.25) is 0 Å². The summed E-state index contributed by atoms with van der Waals surface area (Å²) < 4.78 is 6.40. The van der Waals surface area contributed by atoms with Gasteiger partial charge in [-0.25, -0.2) is 0 Å². The summed E-state index contributed by atoms with van der Waals surface area (Å²) in [7, 11) is 3.56. The molecule has 3 radical (unpaired) electrons. The molecule has 2 nitrogen and oxygen atoms in total. The van der Waals surface area contributed by atoms with Crippen molar-refractivity contribution in [3.8, 4) is 5.75 Å². The molecule has 0 N–H and O–H groups in total. The summed E-state index contributed by atoms with van der Waals surface area (Å²) in [6.45, 7) is 0. The first-order valence-electron chi connectivity index (χ1n) is 7.68. The summed E-state index contributed by atoms with van der Waals surface area (Å²) in [5, 5.41) is 0.837. The zero-order valence-corrected chi connectivity index (χ0v) is 12.5. The normalized spacial score (nSPS) is 21.4. The van der Waals surface area contributed by atoms with E-state index in [9.17, 15) is 0 Å². The van der Waals surface area contributed by atoms with Gasteiger partial charge in [0.15, 0.2) is 0 Å². The maximum Gasteiger partial charge on any atom is 0.135 e. The summed E-state index contributed by atoms with van der Waals surface area (Å²) >= 11 is 0. The van der Waals surface area contributed by atoms with E-state index < -0.39 is 0 Å². The van der Waals surface area contributed by atoms with Crippen LogP contribution in [-0.4, -0.2) is 21.3 Å². The molecule has 1 heterocycles. The van der Waals surface area contributed by atoms with Gasteiger partial charge in [-0.3, -0.25) is 4.98 Å². The Morgan fingerprint density at radius 1 is 1.05 bits per heavy atom. The summed E-state index contributed by atoms with van der Waals surface area (Å²) in [6.07, 6.45) is 13.1. The highest BCUT2D eigenvalue weighted by atomic mass is 28.1. The van der Waals surface area contributed by atoms with Crippen LogP contribution in [0.3, 0.4) is 0 Å². The van der Waals surface area contributed by atoms with Gasteiger partial charge in [-0.2, -0.15) is 0 Å². The molecule has 3 heteroatoms. The van der Waals surface area contributed by atoms with Gasteiger partial charge in [0.05, 0.1) is 5.32 Å². The van der Waals surface area contributed by atoms with Crippen LogP contribution in [0.1, 0.15) is 51.4 Å². The molecule has 0 saturated heterocycles. The van der Waals surface area contributed by atoms with E-state index in [1.54, 1.807) is 6.20 Å². The molecule has 0 unspecified atom stereocenters. The van der Waals surface area contributed by atoms with Crippen LogP contribution in [0.15, 0.2) is 18.3 Å². The van der Waals surface area contributed by atoms with E-state index in [1.807, 2.05) is 12.1 Å². The molecule has 0 aromatic carbocycles. The van der Waals surface area contributed by atoms with Crippen LogP contribution in [-0.2, 0) is 0 Å². The van der Waals surface area contributed by atoms with Crippen molar-refractivity contribution in [3.05, 3.63) is 18.3 Å². The van der Waals surface area contributed by atoms with Gasteiger partial charge in [0, 0.05) is 6.20 Å². The molecule has 2 saturated carbocycles. The lowest BCUT2D eigenvalue weighted by molar-refractivity contribution is 0.0795. The molecule has 0 aliphatic heterocycles. The van der Waals surface area contributed by atoms with Gasteiger partial charge in [0.1, 0.15) is 22.1 Å². The average molecular weight is 272 g/mol. The number of hydrogen-bond donors (Lipinski definition) is 0. The molecule has 1 aromatic heterocycles. The molecule has 0 spiro atoms. The summed E-state index contributed by atoms with van der Waals surface area (Å²) in [5.74, 6) is 2.44. The molecule has 3 rings (SSSR count). The van der Waals surface area contributed by atoms with Crippen molar-refractivity contribution in [1.82, 2.24) is 4.98 Å². The van der Waals surface area contributed by atoms with E-state index in [-0.39, 0.29) is 0 Å². The highest BCUT2D eigenvalue weighted by Gasteiger charge is 2.35. The maximum absolute atomic E-state index is 6.40. The van der Waals surface area contributed by atoms with Crippen molar-refractivity contribution in [1.29, 1.82) is 0 Å². The van der Waals surface area contributed by atoms with Crippen LogP contribution in [0, 0.1) is 11.8 Å². The maximum atomic E-state index is 6.40. The lowest BCUT2D eigenvalue weighted by Crippen LogP contribution is -2.34. The molecule has 2 aliphatic rings. The number of ether oxygens (including phenoxy) is 1. The topological polar surface area (TPSA) is 22.1 Å². The average Bonchev–Trinajstić information content (AvgIpc) is 3.11. The van der Waals surface area contributed by atoms with Crippen molar-refractivity contribution >= 4 is 15.6 Å². The number of aromatic nitrogens is 1. The minimum absolute atomic E-state index is 0.407. The molecule has 0 atom stereocenters. The van der Waals surface area contributed by atoms with Crippen molar-refractivity contribution in [3.63, 3.8) is 0 Å². The fraction of sp³-hybridized carbons (Fsp3) is 0.688. The zero-order valence-electron chi connectivity index (χ0n) is 11.5. The third-order valence-corrected chi connectivity index (χ3v) is 5.14. The Morgan fingerprint density at radius 2 is 1.63 bits per heavy atom. The van der Waals surface area contributed by atoms with Gasteiger partial charge in [0.25, 0.3) is 0 Å². The molecule has 2 aliphatic carbocycles. The lowest BCUT2D eigenvalue weighted by Gasteiger charge is -2.30. The number of rotatable bonds is 4. The van der Waals surface area contributed by atoms with Crippen LogP contribution >= 0.6 is 0 Å². The molecule has 101 valence electrons. The summed E-state index contributed by atoms with van der Waals surface area (Å²) in [6, 6.07) is 3.99.